The van der Waals surface area contributed by atoms with E-state index in [0.29, 0.717) is 0 Å². The highest BCUT2D eigenvalue weighted by molar-refractivity contribution is 7.63. The lowest BCUT2D eigenvalue weighted by atomic mass is 10.3. The van der Waals surface area contributed by atoms with E-state index in [1.165, 1.54) is 13.3 Å². The first-order valence-electron chi connectivity index (χ1n) is 4.34. The number of carbonyl (C=O) groups excluding carboxylic acids is 2. The van der Waals surface area contributed by atoms with Gasteiger partial charge in [-0.3, -0.25) is 4.79 Å². The number of ether oxygens (including phenoxy) is 1. The van der Waals surface area contributed by atoms with Crippen molar-refractivity contribution in [3.05, 3.63) is 0 Å². The van der Waals surface area contributed by atoms with Gasteiger partial charge in [-0.05, 0) is 20.3 Å². The number of cyclic esters (lactones) is 1. The van der Waals surface area contributed by atoms with Gasteiger partial charge in [-0.25, -0.2) is 9.69 Å². The lowest BCUT2D eigenvalue weighted by Crippen LogP contribution is -2.38. The van der Waals surface area contributed by atoms with Crippen molar-refractivity contribution in [2.75, 3.05) is 26.1 Å². The van der Waals surface area contributed by atoms with Crippen LogP contribution in [-0.4, -0.2) is 49.0 Å². The number of nitrogens with zero attached hydrogens (tertiary/aromatic N) is 1. The van der Waals surface area contributed by atoms with Crippen LogP contribution in [0.25, 0.3) is 0 Å². The maximum atomic E-state index is 11.5. The summed E-state index contributed by atoms with van der Waals surface area (Å²) < 4.78 is 16.1. The molecule has 0 N–H and O–H groups in total. The Hall–Kier alpha value is -0.830. The van der Waals surface area contributed by atoms with Gasteiger partial charge in [0.1, 0.15) is 6.61 Å². The smallest absolute Gasteiger partial charge is 0.416 e. The molecule has 0 radical (unpaired) electrons. The fourth-order valence-corrected chi connectivity index (χ4v) is 2.07. The molecule has 6 heteroatoms. The minimum Gasteiger partial charge on any atom is -0.447 e. The van der Waals surface area contributed by atoms with Gasteiger partial charge >= 0.3 is 6.09 Å². The van der Waals surface area contributed by atoms with Gasteiger partial charge in [0.05, 0.1) is 19.3 Å². The number of hydrogen-bond acceptors (Lipinski definition) is 4. The first-order valence-corrected chi connectivity index (χ1v) is 7.13. The summed E-state index contributed by atoms with van der Waals surface area (Å²) in [6.45, 7) is 5.00. The first kappa shape index (κ1) is 11.2. The number of carbonyl (C=O) groups is 2. The fraction of sp³-hybridized carbons (Fsp3) is 0.750. The van der Waals surface area contributed by atoms with Crippen molar-refractivity contribution in [3.63, 3.8) is 0 Å². The summed E-state index contributed by atoms with van der Waals surface area (Å²) in [5, 5.41) is 0. The van der Waals surface area contributed by atoms with Crippen molar-refractivity contribution in [2.45, 2.75) is 13.0 Å². The Bertz CT molecular complexity index is 308. The van der Waals surface area contributed by atoms with Crippen LogP contribution < -0.4 is 0 Å². The van der Waals surface area contributed by atoms with Crippen LogP contribution in [0.15, 0.2) is 0 Å². The SMILES string of the molecule is C[C@@H]1COC(=O)N1C(=O)CP(C)(C)=O. The van der Waals surface area contributed by atoms with Crippen LogP contribution in [0, 0.1) is 0 Å². The second-order valence-corrected chi connectivity index (χ2v) is 7.39. The molecule has 1 aliphatic heterocycles. The average molecular weight is 219 g/mol. The third-order valence-corrected chi connectivity index (χ3v) is 2.90. The summed E-state index contributed by atoms with van der Waals surface area (Å²) in [5.74, 6) is -0.409. The summed E-state index contributed by atoms with van der Waals surface area (Å²) in [4.78, 5) is 23.7. The van der Waals surface area contributed by atoms with E-state index < -0.39 is 19.1 Å². The molecule has 0 aromatic heterocycles. The van der Waals surface area contributed by atoms with Gasteiger partial charge in [-0.15, -0.1) is 0 Å². The first-order chi connectivity index (χ1) is 6.31. The average Bonchev–Trinajstić information content (AvgIpc) is 2.27. The minimum atomic E-state index is -2.43. The van der Waals surface area contributed by atoms with E-state index in [9.17, 15) is 14.2 Å². The summed E-state index contributed by atoms with van der Waals surface area (Å²) in [6, 6.07) is -0.249. The number of imide groups is 1. The zero-order valence-corrected chi connectivity index (χ0v) is 9.41. The molecule has 80 valence electrons. The minimum absolute atomic E-state index is 0.0769. The van der Waals surface area contributed by atoms with Gasteiger partial charge in [-0.2, -0.15) is 0 Å². The Labute approximate surface area is 82.8 Å². The zero-order valence-electron chi connectivity index (χ0n) is 8.52. The van der Waals surface area contributed by atoms with Gasteiger partial charge in [0.2, 0.25) is 5.91 Å². The second kappa shape index (κ2) is 3.73. The molecule has 0 aromatic carbocycles. The molecule has 1 heterocycles. The quantitative estimate of drug-likeness (QED) is 0.649. The maximum Gasteiger partial charge on any atom is 0.416 e. The molecular weight excluding hydrogens is 205 g/mol. The van der Waals surface area contributed by atoms with E-state index in [1.54, 1.807) is 6.92 Å². The lowest BCUT2D eigenvalue weighted by molar-refractivity contribution is -0.126. The Morgan fingerprint density at radius 3 is 2.57 bits per heavy atom. The van der Waals surface area contributed by atoms with Crippen LogP contribution in [0.2, 0.25) is 0 Å². The standard InChI is InChI=1S/C8H14NO4P/c1-6-4-13-8(11)9(6)7(10)5-14(2,3)12/h6H,4-5H2,1-3H3/t6-/m1/s1. The van der Waals surface area contributed by atoms with E-state index in [1.807, 2.05) is 0 Å². The topological polar surface area (TPSA) is 63.7 Å². The monoisotopic (exact) mass is 219 g/mol. The molecule has 1 fully saturated rings. The second-order valence-electron chi connectivity index (χ2n) is 3.92. The van der Waals surface area contributed by atoms with Crippen LogP contribution >= 0.6 is 7.14 Å². The Kier molecular flexibility index (Phi) is 3.00. The van der Waals surface area contributed by atoms with E-state index in [-0.39, 0.29) is 18.8 Å². The van der Waals surface area contributed by atoms with E-state index in [2.05, 4.69) is 4.74 Å². The Morgan fingerprint density at radius 1 is 1.64 bits per heavy atom. The van der Waals surface area contributed by atoms with E-state index in [4.69, 9.17) is 0 Å². The maximum absolute atomic E-state index is 11.5. The van der Waals surface area contributed by atoms with Crippen molar-refractivity contribution in [2.24, 2.45) is 0 Å². The summed E-state index contributed by atoms with van der Waals surface area (Å²) in [5.41, 5.74) is 0. The molecule has 1 atom stereocenters. The number of rotatable bonds is 2. The van der Waals surface area contributed by atoms with Crippen LogP contribution in [0.4, 0.5) is 4.79 Å². The van der Waals surface area contributed by atoms with Crippen LogP contribution in [0.3, 0.4) is 0 Å². The predicted octanol–water partition coefficient (Wildman–Crippen LogP) is 0.976. The van der Waals surface area contributed by atoms with Crippen molar-refractivity contribution >= 4 is 19.1 Å². The largest absolute Gasteiger partial charge is 0.447 e. The van der Waals surface area contributed by atoms with Crippen molar-refractivity contribution in [1.29, 1.82) is 0 Å². The normalized spacial score (nSPS) is 22.4. The zero-order chi connectivity index (χ0) is 10.9. The van der Waals surface area contributed by atoms with Crippen molar-refractivity contribution in [1.82, 2.24) is 4.90 Å². The molecule has 0 spiro atoms. The van der Waals surface area contributed by atoms with E-state index in [0.717, 1.165) is 4.90 Å². The third kappa shape index (κ3) is 2.58. The Morgan fingerprint density at radius 2 is 2.21 bits per heavy atom. The van der Waals surface area contributed by atoms with Gasteiger partial charge < -0.3 is 9.30 Å². The molecule has 0 saturated carbocycles. The highest BCUT2D eigenvalue weighted by Gasteiger charge is 2.36. The third-order valence-electron chi connectivity index (χ3n) is 1.87. The van der Waals surface area contributed by atoms with Crippen LogP contribution in [0.1, 0.15) is 6.92 Å². The molecule has 0 bridgehead atoms. The molecule has 1 aliphatic rings. The molecule has 0 aliphatic carbocycles. The van der Waals surface area contributed by atoms with Gasteiger partial charge in [0.25, 0.3) is 0 Å². The highest BCUT2D eigenvalue weighted by Crippen LogP contribution is 2.36. The van der Waals surface area contributed by atoms with Crippen molar-refractivity contribution < 1.29 is 18.9 Å². The summed E-state index contributed by atoms with van der Waals surface area (Å²) >= 11 is 0. The molecule has 5 nitrogen and oxygen atoms in total. The molecule has 2 amide bonds. The lowest BCUT2D eigenvalue weighted by Gasteiger charge is -2.16. The number of amides is 2. The van der Waals surface area contributed by atoms with Gasteiger partial charge in [-0.1, -0.05) is 0 Å². The fourth-order valence-electron chi connectivity index (χ4n) is 1.27. The number of hydrogen-bond donors (Lipinski definition) is 0. The predicted molar refractivity (Wildman–Crippen MR) is 52.0 cm³/mol. The van der Waals surface area contributed by atoms with Crippen LogP contribution in [0.5, 0.6) is 0 Å². The molecule has 0 aromatic rings. The van der Waals surface area contributed by atoms with Gasteiger partial charge in [0, 0.05) is 0 Å². The highest BCUT2D eigenvalue weighted by atomic mass is 31.2. The van der Waals surface area contributed by atoms with Crippen molar-refractivity contribution in [3.8, 4) is 0 Å². The molecule has 1 saturated heterocycles. The summed E-state index contributed by atoms with van der Waals surface area (Å²) in [6.07, 6.45) is -0.706. The van der Waals surface area contributed by atoms with Crippen LogP contribution in [-0.2, 0) is 14.1 Å². The summed E-state index contributed by atoms with van der Waals surface area (Å²) in [7, 11) is -2.43. The molecular formula is C8H14NO4P. The van der Waals surface area contributed by atoms with Gasteiger partial charge in [0.15, 0.2) is 0 Å². The Balaban J connectivity index is 2.69. The molecule has 0 unspecified atom stereocenters. The van der Waals surface area contributed by atoms with E-state index >= 15 is 0 Å². The molecule has 14 heavy (non-hydrogen) atoms. The molecule has 1 rings (SSSR count).